The second kappa shape index (κ2) is 7.88. The predicted octanol–water partition coefficient (Wildman–Crippen LogP) is 3.41. The van der Waals surface area contributed by atoms with Crippen molar-refractivity contribution in [1.29, 1.82) is 0 Å². The Balaban J connectivity index is 3.02. The van der Waals surface area contributed by atoms with Crippen molar-refractivity contribution >= 4 is 11.7 Å². The maximum absolute atomic E-state index is 12.7. The van der Waals surface area contributed by atoms with Gasteiger partial charge in [-0.25, -0.2) is 4.98 Å². The van der Waals surface area contributed by atoms with Crippen molar-refractivity contribution in [3.63, 3.8) is 0 Å². The van der Waals surface area contributed by atoms with Crippen molar-refractivity contribution in [2.45, 2.75) is 46.6 Å². The van der Waals surface area contributed by atoms with Gasteiger partial charge in [0.2, 0.25) is 0 Å². The highest BCUT2D eigenvalue weighted by Crippen LogP contribution is 2.16. The van der Waals surface area contributed by atoms with Gasteiger partial charge in [0.05, 0.1) is 0 Å². The summed E-state index contributed by atoms with van der Waals surface area (Å²) in [5.41, 5.74) is 0.518. The topological polar surface area (TPSA) is 45.2 Å². The normalized spacial score (nSPS) is 10.9. The first-order valence-electron chi connectivity index (χ1n) is 7.49. The van der Waals surface area contributed by atoms with Gasteiger partial charge in [0, 0.05) is 19.6 Å². The molecule has 0 bridgehead atoms. The number of nitrogens with zero attached hydrogens (tertiary/aromatic N) is 2. The van der Waals surface area contributed by atoms with Gasteiger partial charge >= 0.3 is 0 Å². The number of pyridine rings is 1. The van der Waals surface area contributed by atoms with Gasteiger partial charge in [-0.2, -0.15) is 0 Å². The van der Waals surface area contributed by atoms with E-state index in [4.69, 9.17) is 0 Å². The highest BCUT2D eigenvalue weighted by Gasteiger charge is 2.24. The van der Waals surface area contributed by atoms with E-state index in [0.717, 1.165) is 25.2 Å². The third-order valence-corrected chi connectivity index (χ3v) is 3.43. The van der Waals surface area contributed by atoms with Gasteiger partial charge < -0.3 is 10.2 Å². The van der Waals surface area contributed by atoms with Crippen LogP contribution in [0.2, 0.25) is 0 Å². The smallest absolute Gasteiger partial charge is 0.272 e. The summed E-state index contributed by atoms with van der Waals surface area (Å²) in [6.45, 7) is 9.31. The minimum Gasteiger partial charge on any atom is -0.373 e. The highest BCUT2D eigenvalue weighted by molar-refractivity contribution is 5.92. The van der Waals surface area contributed by atoms with E-state index in [9.17, 15) is 4.79 Å². The Morgan fingerprint density at radius 1 is 1.30 bits per heavy atom. The molecule has 0 aliphatic rings. The lowest BCUT2D eigenvalue weighted by Gasteiger charge is -2.32. The fraction of sp³-hybridized carbons (Fsp3) is 0.625. The molecule has 112 valence electrons. The molecule has 1 aromatic heterocycles. The minimum atomic E-state index is 0.0319. The zero-order valence-electron chi connectivity index (χ0n) is 13.3. The van der Waals surface area contributed by atoms with E-state index in [-0.39, 0.29) is 11.9 Å². The average Bonchev–Trinajstić information content (AvgIpc) is 2.46. The van der Waals surface area contributed by atoms with Crippen LogP contribution in [0.4, 0.5) is 5.82 Å². The van der Waals surface area contributed by atoms with Gasteiger partial charge in [0.15, 0.2) is 0 Å². The van der Waals surface area contributed by atoms with Crippen molar-refractivity contribution in [3.05, 3.63) is 23.9 Å². The van der Waals surface area contributed by atoms with Crippen LogP contribution >= 0.6 is 0 Å². The molecule has 0 radical (unpaired) electrons. The van der Waals surface area contributed by atoms with Crippen LogP contribution in [-0.2, 0) is 0 Å². The Morgan fingerprint density at radius 3 is 2.45 bits per heavy atom. The first-order valence-corrected chi connectivity index (χ1v) is 7.49. The second-order valence-electron chi connectivity index (χ2n) is 5.48. The zero-order chi connectivity index (χ0) is 15.1. The molecule has 1 heterocycles. The van der Waals surface area contributed by atoms with Crippen LogP contribution < -0.4 is 5.32 Å². The molecule has 0 saturated heterocycles. The van der Waals surface area contributed by atoms with Crippen LogP contribution in [0, 0.1) is 5.92 Å². The molecule has 4 heteroatoms. The molecule has 1 rings (SSSR count). The van der Waals surface area contributed by atoms with Gasteiger partial charge in [-0.15, -0.1) is 0 Å². The SMILES string of the molecule is CCC(CC)N(CC(C)C)C(=O)c1cccc(NC)n1. The highest BCUT2D eigenvalue weighted by atomic mass is 16.2. The molecule has 0 aliphatic heterocycles. The van der Waals surface area contributed by atoms with Gasteiger partial charge in [0.25, 0.3) is 5.91 Å². The monoisotopic (exact) mass is 277 g/mol. The number of carbonyl (C=O) groups excluding carboxylic acids is 1. The molecule has 1 N–H and O–H groups in total. The molecular formula is C16H27N3O. The molecule has 4 nitrogen and oxygen atoms in total. The number of rotatable bonds is 7. The van der Waals surface area contributed by atoms with Crippen molar-refractivity contribution < 1.29 is 4.79 Å². The summed E-state index contributed by atoms with van der Waals surface area (Å²) in [5, 5.41) is 2.98. The van der Waals surface area contributed by atoms with Crippen molar-refractivity contribution in [2.24, 2.45) is 5.92 Å². The van der Waals surface area contributed by atoms with Crippen molar-refractivity contribution in [1.82, 2.24) is 9.88 Å². The van der Waals surface area contributed by atoms with Gasteiger partial charge in [-0.05, 0) is 30.9 Å². The summed E-state index contributed by atoms with van der Waals surface area (Å²) in [6, 6.07) is 5.80. The number of carbonyl (C=O) groups is 1. The standard InChI is InChI=1S/C16H27N3O/c1-6-13(7-2)19(11-12(3)4)16(20)14-9-8-10-15(17-5)18-14/h8-10,12-13H,6-7,11H2,1-5H3,(H,17,18). The summed E-state index contributed by atoms with van der Waals surface area (Å²) in [7, 11) is 1.81. The molecule has 1 amide bonds. The minimum absolute atomic E-state index is 0.0319. The molecule has 0 aliphatic carbocycles. The van der Waals surface area contributed by atoms with Crippen LogP contribution in [0.5, 0.6) is 0 Å². The van der Waals surface area contributed by atoms with E-state index in [1.54, 1.807) is 6.07 Å². The largest absolute Gasteiger partial charge is 0.373 e. The molecular weight excluding hydrogens is 250 g/mol. The molecule has 1 aromatic rings. The Kier molecular flexibility index (Phi) is 6.49. The van der Waals surface area contributed by atoms with Crippen LogP contribution in [0.3, 0.4) is 0 Å². The number of hydrogen-bond donors (Lipinski definition) is 1. The Hall–Kier alpha value is -1.58. The lowest BCUT2D eigenvalue weighted by atomic mass is 10.1. The quantitative estimate of drug-likeness (QED) is 0.830. The van der Waals surface area contributed by atoms with Gasteiger partial charge in [-0.3, -0.25) is 4.79 Å². The van der Waals surface area contributed by atoms with Crippen LogP contribution in [-0.4, -0.2) is 35.4 Å². The van der Waals surface area contributed by atoms with E-state index in [1.165, 1.54) is 0 Å². The number of amides is 1. The average molecular weight is 277 g/mol. The molecule has 0 spiro atoms. The summed E-state index contributed by atoms with van der Waals surface area (Å²) >= 11 is 0. The predicted molar refractivity (Wildman–Crippen MR) is 84.0 cm³/mol. The molecule has 0 aromatic carbocycles. The first-order chi connectivity index (χ1) is 9.53. The third kappa shape index (κ3) is 4.22. The Bertz CT molecular complexity index is 427. The number of nitrogens with one attached hydrogen (secondary N) is 1. The van der Waals surface area contributed by atoms with Crippen molar-refractivity contribution in [3.8, 4) is 0 Å². The summed E-state index contributed by atoms with van der Waals surface area (Å²) in [5.74, 6) is 1.21. The van der Waals surface area contributed by atoms with Gasteiger partial charge in [-0.1, -0.05) is 33.8 Å². The Labute approximate surface area is 122 Å². The fourth-order valence-corrected chi connectivity index (χ4v) is 2.36. The van der Waals surface area contributed by atoms with E-state index in [0.29, 0.717) is 11.6 Å². The molecule has 0 atom stereocenters. The van der Waals surface area contributed by atoms with E-state index >= 15 is 0 Å². The number of hydrogen-bond acceptors (Lipinski definition) is 3. The van der Waals surface area contributed by atoms with Crippen LogP contribution in [0.15, 0.2) is 18.2 Å². The molecule has 20 heavy (non-hydrogen) atoms. The maximum Gasteiger partial charge on any atom is 0.272 e. The summed E-state index contributed by atoms with van der Waals surface area (Å²) < 4.78 is 0. The molecule has 0 fully saturated rings. The first kappa shape index (κ1) is 16.5. The maximum atomic E-state index is 12.7. The number of anilines is 1. The van der Waals surface area contributed by atoms with Gasteiger partial charge in [0.1, 0.15) is 11.5 Å². The van der Waals surface area contributed by atoms with E-state index in [1.807, 2.05) is 24.1 Å². The molecule has 0 saturated carbocycles. The Morgan fingerprint density at radius 2 is 1.95 bits per heavy atom. The fourth-order valence-electron chi connectivity index (χ4n) is 2.36. The lowest BCUT2D eigenvalue weighted by Crippen LogP contribution is -2.42. The number of aromatic nitrogens is 1. The second-order valence-corrected chi connectivity index (χ2v) is 5.48. The van der Waals surface area contributed by atoms with Crippen LogP contribution in [0.1, 0.15) is 51.0 Å². The lowest BCUT2D eigenvalue weighted by molar-refractivity contribution is 0.0634. The van der Waals surface area contributed by atoms with E-state index < -0.39 is 0 Å². The van der Waals surface area contributed by atoms with Crippen LogP contribution in [0.25, 0.3) is 0 Å². The summed E-state index contributed by atoms with van der Waals surface area (Å²) in [4.78, 5) is 19.1. The van der Waals surface area contributed by atoms with E-state index in [2.05, 4.69) is 38.0 Å². The molecule has 0 unspecified atom stereocenters. The van der Waals surface area contributed by atoms with Crippen molar-refractivity contribution in [2.75, 3.05) is 18.9 Å². The third-order valence-electron chi connectivity index (χ3n) is 3.43. The summed E-state index contributed by atoms with van der Waals surface area (Å²) in [6.07, 6.45) is 1.95. The zero-order valence-corrected chi connectivity index (χ0v) is 13.3.